The number of nitrogens with zero attached hydrogens (tertiary/aromatic N) is 2. The van der Waals surface area contributed by atoms with Crippen molar-refractivity contribution >= 4 is 63.5 Å². The largest absolute Gasteiger partial charge is 0.368 e. The van der Waals surface area contributed by atoms with Crippen molar-refractivity contribution in [1.29, 1.82) is 0 Å². The number of fused-ring (bicyclic) bond motifs is 3. The Morgan fingerprint density at radius 3 is 2.46 bits per heavy atom. The molecule has 264 valence electrons. The number of carbonyl (C=O) groups excluding carboxylic acids is 5. The first-order chi connectivity index (χ1) is 24.0. The fourth-order valence-electron chi connectivity index (χ4n) is 6.91. The second-order valence-corrected chi connectivity index (χ2v) is 14.9. The highest BCUT2D eigenvalue weighted by molar-refractivity contribution is 8.00. The molecule has 1 saturated heterocycles. The maximum atomic E-state index is 12.9. The Kier molecular flexibility index (Phi) is 12.1. The normalized spacial score (nSPS) is 17.3. The van der Waals surface area contributed by atoms with E-state index in [2.05, 4.69) is 72.4 Å². The fraction of sp³-hybridized carbons (Fsp3) is 0.436. The van der Waals surface area contributed by atoms with Gasteiger partial charge >= 0.3 is 0 Å². The first-order valence-corrected chi connectivity index (χ1v) is 18.5. The summed E-state index contributed by atoms with van der Waals surface area (Å²) in [5, 5.41) is 7.51. The van der Waals surface area contributed by atoms with Crippen LogP contribution in [0.5, 0.6) is 0 Å². The first-order valence-electron chi connectivity index (χ1n) is 17.5. The summed E-state index contributed by atoms with van der Waals surface area (Å²) in [7, 11) is 0. The molecule has 10 nitrogen and oxygen atoms in total. The third kappa shape index (κ3) is 8.61. The summed E-state index contributed by atoms with van der Waals surface area (Å²) in [6, 6.07) is 21.4. The number of rotatable bonds is 17. The molecule has 4 N–H and O–H groups in total. The lowest BCUT2D eigenvalue weighted by molar-refractivity contribution is -0.439. The molecule has 2 aliphatic rings. The quantitative estimate of drug-likeness (QED) is 0.109. The molecule has 0 saturated carbocycles. The Hall–Kier alpha value is -4.51. The van der Waals surface area contributed by atoms with E-state index in [9.17, 15) is 24.0 Å². The van der Waals surface area contributed by atoms with Gasteiger partial charge in [0.2, 0.25) is 35.2 Å². The summed E-state index contributed by atoms with van der Waals surface area (Å²) in [5.41, 5.74) is 10.3. The lowest BCUT2D eigenvalue weighted by Crippen LogP contribution is -2.46. The molecule has 0 radical (unpaired) electrons. The van der Waals surface area contributed by atoms with Crippen molar-refractivity contribution in [2.24, 2.45) is 5.73 Å². The average molecular weight is 699 g/mol. The van der Waals surface area contributed by atoms with Crippen LogP contribution in [0, 0.1) is 0 Å². The number of thioether (sulfide) groups is 1. The van der Waals surface area contributed by atoms with Crippen LogP contribution in [0.4, 0.5) is 5.69 Å². The van der Waals surface area contributed by atoms with Gasteiger partial charge in [-0.05, 0) is 49.1 Å². The molecule has 0 spiro atoms. The molecule has 3 aromatic rings. The number of carbonyl (C=O) groups is 5. The highest BCUT2D eigenvalue weighted by Gasteiger charge is 2.44. The van der Waals surface area contributed by atoms with Gasteiger partial charge in [-0.1, -0.05) is 54.6 Å². The van der Waals surface area contributed by atoms with Crippen LogP contribution in [-0.4, -0.2) is 81.4 Å². The molecule has 2 aliphatic heterocycles. The van der Waals surface area contributed by atoms with E-state index < -0.39 is 17.2 Å². The monoisotopic (exact) mass is 698 g/mol. The lowest BCUT2D eigenvalue weighted by Gasteiger charge is -2.17. The predicted molar refractivity (Wildman–Crippen MR) is 197 cm³/mol. The molecule has 0 aromatic heterocycles. The van der Waals surface area contributed by atoms with Crippen molar-refractivity contribution in [2.45, 2.75) is 82.4 Å². The van der Waals surface area contributed by atoms with Crippen molar-refractivity contribution in [3.8, 4) is 0 Å². The van der Waals surface area contributed by atoms with Gasteiger partial charge in [0.25, 0.3) is 0 Å². The number of benzene rings is 3. The molecule has 1 fully saturated rings. The third-order valence-electron chi connectivity index (χ3n) is 9.89. The molecular weight excluding hydrogens is 651 g/mol. The third-order valence-corrected chi connectivity index (χ3v) is 11.1. The second-order valence-electron chi connectivity index (χ2n) is 13.6. The molecular formula is C39H48N5O5S+. The minimum Gasteiger partial charge on any atom is -0.368 e. The van der Waals surface area contributed by atoms with Crippen molar-refractivity contribution in [1.82, 2.24) is 15.5 Å². The highest BCUT2D eigenvalue weighted by Crippen LogP contribution is 2.43. The van der Waals surface area contributed by atoms with Gasteiger partial charge in [-0.25, -0.2) is 0 Å². The van der Waals surface area contributed by atoms with Gasteiger partial charge in [0, 0.05) is 69.5 Å². The highest BCUT2D eigenvalue weighted by atomic mass is 32.2. The van der Waals surface area contributed by atoms with E-state index in [4.69, 9.17) is 5.73 Å². The maximum Gasteiger partial charge on any atom is 0.242 e. The summed E-state index contributed by atoms with van der Waals surface area (Å²) in [4.78, 5) is 63.5. The fourth-order valence-corrected chi connectivity index (χ4v) is 8.03. The van der Waals surface area contributed by atoms with E-state index in [0.717, 1.165) is 31.4 Å². The standard InChI is InChI=1S/C39H47N5O5S/c1-26-39(2,3)36-29-15-10-9-14-28(29)17-18-31(36)43(26)21-11-5-8-16-33(45)41-20-22-44-35(47)25-32(38(44)49)50-23-19-34(46)42-30(37(40)48)24-27-12-6-4-7-13-27/h4,6-7,9-10,12-15,17-18,30,32H,5,8,11,16,19-25H2,1-3H3,(H3-,40,41,42,45,46,48)/p+1. The van der Waals surface area contributed by atoms with Crippen LogP contribution in [0.2, 0.25) is 0 Å². The van der Waals surface area contributed by atoms with Crippen molar-refractivity contribution in [2.75, 3.05) is 25.4 Å². The predicted octanol–water partition coefficient (Wildman–Crippen LogP) is 4.38. The van der Waals surface area contributed by atoms with Crippen LogP contribution in [0.15, 0.2) is 66.7 Å². The molecule has 5 rings (SSSR count). The number of amides is 5. The van der Waals surface area contributed by atoms with Gasteiger partial charge in [-0.3, -0.25) is 28.9 Å². The maximum absolute atomic E-state index is 12.9. The summed E-state index contributed by atoms with van der Waals surface area (Å²) in [6.07, 6.45) is 3.45. The Balaban J connectivity index is 0.976. The van der Waals surface area contributed by atoms with Crippen LogP contribution in [-0.2, 0) is 35.8 Å². The smallest absolute Gasteiger partial charge is 0.242 e. The zero-order valence-electron chi connectivity index (χ0n) is 29.2. The number of primary amides is 1. The number of hydrogen-bond acceptors (Lipinski definition) is 6. The van der Waals surface area contributed by atoms with E-state index in [0.29, 0.717) is 18.6 Å². The Morgan fingerprint density at radius 1 is 0.960 bits per heavy atom. The van der Waals surface area contributed by atoms with E-state index in [1.165, 1.54) is 44.4 Å². The molecule has 0 aliphatic carbocycles. The Bertz CT molecular complexity index is 1790. The number of hydrogen-bond donors (Lipinski definition) is 3. The topological polar surface area (TPSA) is 142 Å². The SMILES string of the molecule is CC1=[N+](CCCCCC(=O)NCCN2C(=O)CC(SCCC(=O)NC(Cc3ccccc3)C(N)=O)C2=O)c2ccc3ccccc3c2C1(C)C. The molecule has 50 heavy (non-hydrogen) atoms. The van der Waals surface area contributed by atoms with Crippen molar-refractivity contribution in [3.63, 3.8) is 0 Å². The summed E-state index contributed by atoms with van der Waals surface area (Å²) in [6.45, 7) is 8.02. The van der Waals surface area contributed by atoms with Crippen molar-refractivity contribution in [3.05, 3.63) is 77.9 Å². The first kappa shape index (κ1) is 36.8. The number of imide groups is 1. The average Bonchev–Trinajstić information content (AvgIpc) is 3.47. The zero-order valence-corrected chi connectivity index (χ0v) is 30.0. The number of unbranched alkanes of at least 4 members (excludes halogenated alkanes) is 2. The number of nitrogens with one attached hydrogen (secondary N) is 2. The molecule has 3 aromatic carbocycles. The lowest BCUT2D eigenvalue weighted by atomic mass is 9.80. The number of nitrogens with two attached hydrogens (primary N) is 1. The summed E-state index contributed by atoms with van der Waals surface area (Å²) < 4.78 is 2.43. The molecule has 11 heteroatoms. The van der Waals surface area contributed by atoms with Crippen molar-refractivity contribution < 1.29 is 28.5 Å². The molecule has 0 bridgehead atoms. The van der Waals surface area contributed by atoms with Gasteiger partial charge < -0.3 is 16.4 Å². The Morgan fingerprint density at radius 2 is 1.70 bits per heavy atom. The minimum atomic E-state index is -0.833. The van der Waals surface area contributed by atoms with E-state index in [1.54, 1.807) is 0 Å². The van der Waals surface area contributed by atoms with Crippen LogP contribution in [0.1, 0.15) is 70.4 Å². The van der Waals surface area contributed by atoms with Gasteiger partial charge in [0.05, 0.1) is 10.7 Å². The zero-order chi connectivity index (χ0) is 35.8. The second kappa shape index (κ2) is 16.5. The molecule has 2 heterocycles. The summed E-state index contributed by atoms with van der Waals surface area (Å²) in [5.74, 6) is -1.33. The Labute approximate surface area is 298 Å². The van der Waals surface area contributed by atoms with Gasteiger partial charge in [-0.2, -0.15) is 4.58 Å². The van der Waals surface area contributed by atoms with Gasteiger partial charge in [0.1, 0.15) is 12.6 Å². The van der Waals surface area contributed by atoms with E-state index in [-0.39, 0.29) is 55.0 Å². The minimum absolute atomic E-state index is 0.0521. The van der Waals surface area contributed by atoms with E-state index >= 15 is 0 Å². The molecule has 2 unspecified atom stereocenters. The number of likely N-dealkylation sites (tertiary alicyclic amines) is 1. The van der Waals surface area contributed by atoms with Crippen LogP contribution in [0.3, 0.4) is 0 Å². The summed E-state index contributed by atoms with van der Waals surface area (Å²) >= 11 is 1.25. The van der Waals surface area contributed by atoms with Crippen LogP contribution >= 0.6 is 11.8 Å². The van der Waals surface area contributed by atoms with Gasteiger partial charge in [-0.15, -0.1) is 11.8 Å². The molecule has 5 amide bonds. The van der Waals surface area contributed by atoms with E-state index in [1.807, 2.05) is 30.3 Å². The van der Waals surface area contributed by atoms with Crippen LogP contribution in [0.25, 0.3) is 10.8 Å². The van der Waals surface area contributed by atoms with Crippen LogP contribution < -0.4 is 16.4 Å². The molecule has 2 atom stereocenters. The van der Waals surface area contributed by atoms with Gasteiger partial charge in [0.15, 0.2) is 5.71 Å².